The Morgan fingerprint density at radius 2 is 1.79 bits per heavy atom. The number of hydrogen-bond donors (Lipinski definition) is 2. The Balaban J connectivity index is 2.43. The molecule has 2 atom stereocenters. The van der Waals surface area contributed by atoms with E-state index in [0.29, 0.717) is 17.2 Å². The van der Waals surface area contributed by atoms with Crippen molar-refractivity contribution in [3.8, 4) is 5.75 Å². The van der Waals surface area contributed by atoms with Gasteiger partial charge < -0.3 is 15.8 Å². The molecular weight excluding hydrogens is 324 g/mol. The zero-order valence-corrected chi connectivity index (χ0v) is 14.7. The molecule has 24 heavy (non-hydrogen) atoms. The summed E-state index contributed by atoms with van der Waals surface area (Å²) in [6, 6.07) is 14.0. The number of nitrogens with two attached hydrogens (primary N) is 1. The van der Waals surface area contributed by atoms with E-state index in [1.54, 1.807) is 13.2 Å². The molecule has 4 nitrogen and oxygen atoms in total. The lowest BCUT2D eigenvalue weighted by molar-refractivity contribution is -0.123. The lowest BCUT2D eigenvalue weighted by Gasteiger charge is -2.24. The van der Waals surface area contributed by atoms with E-state index in [4.69, 9.17) is 22.1 Å². The Labute approximate surface area is 148 Å². The maximum Gasteiger partial charge on any atom is 0.237 e. The first-order valence-electron chi connectivity index (χ1n) is 8.01. The molecule has 128 valence electrons. The van der Waals surface area contributed by atoms with Gasteiger partial charge in [0.1, 0.15) is 5.75 Å². The average Bonchev–Trinajstić information content (AvgIpc) is 2.60. The predicted octanol–water partition coefficient (Wildman–Crippen LogP) is 3.68. The molecule has 5 heteroatoms. The molecule has 2 rings (SSSR count). The third-order valence-corrected chi connectivity index (χ3v) is 4.23. The number of carbonyl (C=O) groups excluding carboxylic acids is 1. The van der Waals surface area contributed by atoms with Gasteiger partial charge >= 0.3 is 0 Å². The minimum absolute atomic E-state index is 0.201. The Kier molecular flexibility index (Phi) is 6.64. The Morgan fingerprint density at radius 1 is 1.17 bits per heavy atom. The minimum atomic E-state index is -0.547. The molecule has 0 aliphatic heterocycles. The number of nitrogens with one attached hydrogen (secondary N) is 1. The number of benzene rings is 2. The second-order valence-electron chi connectivity index (χ2n) is 5.60. The molecule has 2 unspecified atom stereocenters. The smallest absolute Gasteiger partial charge is 0.237 e. The molecule has 1 amide bonds. The third kappa shape index (κ3) is 4.28. The van der Waals surface area contributed by atoms with Gasteiger partial charge in [0.2, 0.25) is 5.91 Å². The van der Waals surface area contributed by atoms with Crippen LogP contribution in [0.4, 0.5) is 0 Å². The van der Waals surface area contributed by atoms with Gasteiger partial charge in [-0.25, -0.2) is 0 Å². The van der Waals surface area contributed by atoms with Gasteiger partial charge in [0.05, 0.1) is 19.2 Å². The van der Waals surface area contributed by atoms with Crippen LogP contribution < -0.4 is 15.8 Å². The summed E-state index contributed by atoms with van der Waals surface area (Å²) in [6.07, 6.45) is 1.48. The molecule has 0 aromatic heterocycles. The maximum atomic E-state index is 12.5. The summed E-state index contributed by atoms with van der Waals surface area (Å²) in [7, 11) is 1.60. The van der Waals surface area contributed by atoms with Crippen molar-refractivity contribution < 1.29 is 9.53 Å². The number of rotatable bonds is 7. The summed E-state index contributed by atoms with van der Waals surface area (Å²) in [5, 5.41) is 3.60. The molecule has 0 spiro atoms. The fraction of sp³-hybridized carbons (Fsp3) is 0.316. The van der Waals surface area contributed by atoms with Crippen LogP contribution in [-0.2, 0) is 4.79 Å². The lowest BCUT2D eigenvalue weighted by Crippen LogP contribution is -2.42. The van der Waals surface area contributed by atoms with E-state index in [0.717, 1.165) is 17.5 Å². The quantitative estimate of drug-likeness (QED) is 0.803. The average molecular weight is 347 g/mol. The van der Waals surface area contributed by atoms with Crippen molar-refractivity contribution in [1.82, 2.24) is 5.32 Å². The van der Waals surface area contributed by atoms with E-state index in [-0.39, 0.29) is 5.91 Å². The molecule has 0 aliphatic rings. The van der Waals surface area contributed by atoms with Crippen LogP contribution >= 0.6 is 11.6 Å². The van der Waals surface area contributed by atoms with Crippen LogP contribution in [0.25, 0.3) is 0 Å². The van der Waals surface area contributed by atoms with Gasteiger partial charge in [0, 0.05) is 10.6 Å². The van der Waals surface area contributed by atoms with E-state index in [1.165, 1.54) is 0 Å². The zero-order valence-electron chi connectivity index (χ0n) is 14.0. The van der Waals surface area contributed by atoms with Crippen molar-refractivity contribution in [3.05, 3.63) is 64.7 Å². The Morgan fingerprint density at radius 3 is 2.42 bits per heavy atom. The van der Waals surface area contributed by atoms with Crippen LogP contribution in [0.15, 0.2) is 48.5 Å². The Hall–Kier alpha value is -2.04. The first-order chi connectivity index (χ1) is 11.6. The monoisotopic (exact) mass is 346 g/mol. The van der Waals surface area contributed by atoms with Crippen molar-refractivity contribution in [3.63, 3.8) is 0 Å². The number of amides is 1. The molecule has 0 saturated carbocycles. The molecule has 0 fully saturated rings. The second-order valence-corrected chi connectivity index (χ2v) is 6.01. The van der Waals surface area contributed by atoms with E-state index >= 15 is 0 Å². The lowest BCUT2D eigenvalue weighted by atomic mass is 9.97. The van der Waals surface area contributed by atoms with Gasteiger partial charge in [-0.15, -0.1) is 0 Å². The molecule has 0 heterocycles. The highest BCUT2D eigenvalue weighted by atomic mass is 35.5. The summed E-state index contributed by atoms with van der Waals surface area (Å²) in [6.45, 7) is 2.00. The number of ether oxygens (including phenoxy) is 1. The van der Waals surface area contributed by atoms with E-state index in [2.05, 4.69) is 5.32 Å². The highest BCUT2D eigenvalue weighted by Crippen LogP contribution is 2.33. The van der Waals surface area contributed by atoms with Gasteiger partial charge in [-0.1, -0.05) is 61.3 Å². The third-order valence-electron chi connectivity index (χ3n) is 3.89. The fourth-order valence-electron chi connectivity index (χ4n) is 2.63. The SMILES string of the molecule is CCCC(N)C(=O)NC(c1ccccc1Cl)c1ccccc1OC. The first kappa shape index (κ1) is 18.3. The van der Waals surface area contributed by atoms with Gasteiger partial charge in [-0.3, -0.25) is 4.79 Å². The zero-order chi connectivity index (χ0) is 17.5. The van der Waals surface area contributed by atoms with E-state index in [9.17, 15) is 4.79 Å². The summed E-state index contributed by atoms with van der Waals surface area (Å²) < 4.78 is 5.45. The standard InChI is InChI=1S/C19H23ClN2O2/c1-3-8-16(21)19(23)22-18(13-9-4-6-11-15(13)20)14-10-5-7-12-17(14)24-2/h4-7,9-12,16,18H,3,8,21H2,1-2H3,(H,22,23). The first-order valence-corrected chi connectivity index (χ1v) is 8.39. The topological polar surface area (TPSA) is 64.4 Å². The largest absolute Gasteiger partial charge is 0.496 e. The normalized spacial score (nSPS) is 13.2. The van der Waals surface area contributed by atoms with E-state index < -0.39 is 12.1 Å². The van der Waals surface area contributed by atoms with Crippen LogP contribution in [0.2, 0.25) is 5.02 Å². The summed E-state index contributed by atoms with van der Waals surface area (Å²) in [5.74, 6) is 0.486. The maximum absolute atomic E-state index is 12.5. The number of carbonyl (C=O) groups is 1. The van der Waals surface area contributed by atoms with Crippen LogP contribution in [0.3, 0.4) is 0 Å². The molecule has 0 saturated heterocycles. The minimum Gasteiger partial charge on any atom is -0.496 e. The highest BCUT2D eigenvalue weighted by Gasteiger charge is 2.24. The van der Waals surface area contributed by atoms with Crippen molar-refractivity contribution in [2.24, 2.45) is 5.73 Å². The Bertz CT molecular complexity index is 691. The summed E-state index contributed by atoms with van der Waals surface area (Å²) >= 11 is 6.37. The van der Waals surface area contributed by atoms with Gasteiger partial charge in [-0.05, 0) is 24.1 Å². The molecule has 0 aliphatic carbocycles. The van der Waals surface area contributed by atoms with Crippen LogP contribution in [0.5, 0.6) is 5.75 Å². The number of methoxy groups -OCH3 is 1. The number of halogens is 1. The molecule has 2 aromatic rings. The number of para-hydroxylation sites is 1. The molecular formula is C19H23ClN2O2. The highest BCUT2D eigenvalue weighted by molar-refractivity contribution is 6.31. The van der Waals surface area contributed by atoms with Crippen molar-refractivity contribution in [1.29, 1.82) is 0 Å². The van der Waals surface area contributed by atoms with Crippen LogP contribution in [0, 0.1) is 0 Å². The summed E-state index contributed by atoms with van der Waals surface area (Å²) in [5.41, 5.74) is 7.61. The summed E-state index contributed by atoms with van der Waals surface area (Å²) in [4.78, 5) is 12.5. The number of hydrogen-bond acceptors (Lipinski definition) is 3. The molecule has 2 aromatic carbocycles. The van der Waals surface area contributed by atoms with Crippen LogP contribution in [0.1, 0.15) is 36.9 Å². The molecule has 3 N–H and O–H groups in total. The van der Waals surface area contributed by atoms with Crippen molar-refractivity contribution in [2.45, 2.75) is 31.8 Å². The van der Waals surface area contributed by atoms with E-state index in [1.807, 2.05) is 49.4 Å². The van der Waals surface area contributed by atoms with Crippen molar-refractivity contribution >= 4 is 17.5 Å². The van der Waals surface area contributed by atoms with Crippen molar-refractivity contribution in [2.75, 3.05) is 7.11 Å². The van der Waals surface area contributed by atoms with Gasteiger partial charge in [-0.2, -0.15) is 0 Å². The molecule has 0 radical (unpaired) electrons. The fourth-order valence-corrected chi connectivity index (χ4v) is 2.87. The predicted molar refractivity (Wildman–Crippen MR) is 97.3 cm³/mol. The van der Waals surface area contributed by atoms with Gasteiger partial charge in [0.25, 0.3) is 0 Å². The molecule has 0 bridgehead atoms. The van der Waals surface area contributed by atoms with Gasteiger partial charge in [0.15, 0.2) is 0 Å². The second kappa shape index (κ2) is 8.71. The van der Waals surface area contributed by atoms with Crippen LogP contribution in [-0.4, -0.2) is 19.1 Å².